The molecule has 0 radical (unpaired) electrons. The number of fused-ring (bicyclic) bond motifs is 1. The number of carbonyl (C=O) groups excluding carboxylic acids is 1. The highest BCUT2D eigenvalue weighted by atomic mass is 35.5. The fraction of sp³-hybridized carbons (Fsp3) is 0.333. The molecule has 0 saturated heterocycles. The van der Waals surface area contributed by atoms with Gasteiger partial charge >= 0.3 is 0 Å². The zero-order valence-corrected chi connectivity index (χ0v) is 10.0. The van der Waals surface area contributed by atoms with Crippen molar-refractivity contribution in [1.82, 2.24) is 9.97 Å². The van der Waals surface area contributed by atoms with E-state index in [1.807, 2.05) is 26.0 Å². The molecule has 0 amide bonds. The molecule has 0 aliphatic carbocycles. The molecular weight excluding hydrogens is 224 g/mol. The van der Waals surface area contributed by atoms with E-state index >= 15 is 0 Å². The van der Waals surface area contributed by atoms with Crippen LogP contribution < -0.4 is 0 Å². The Labute approximate surface area is 98.8 Å². The molecule has 0 fully saturated rings. The second kappa shape index (κ2) is 3.91. The van der Waals surface area contributed by atoms with Crippen molar-refractivity contribution in [1.29, 1.82) is 0 Å². The Morgan fingerprint density at radius 3 is 2.94 bits per heavy atom. The summed E-state index contributed by atoms with van der Waals surface area (Å²) >= 11 is 5.81. The quantitative estimate of drug-likeness (QED) is 0.658. The maximum atomic E-state index is 10.8. The minimum Gasteiger partial charge on any atom is -0.357 e. The first-order valence-corrected chi connectivity index (χ1v) is 5.48. The summed E-state index contributed by atoms with van der Waals surface area (Å²) in [6.45, 7) is 3.82. The average molecular weight is 237 g/mol. The van der Waals surface area contributed by atoms with Crippen molar-refractivity contribution in [2.24, 2.45) is 5.41 Å². The Hall–Kier alpha value is -1.35. The predicted molar refractivity (Wildman–Crippen MR) is 64.7 cm³/mol. The van der Waals surface area contributed by atoms with Gasteiger partial charge in [0.2, 0.25) is 0 Å². The van der Waals surface area contributed by atoms with Crippen molar-refractivity contribution in [3.63, 3.8) is 0 Å². The maximum absolute atomic E-state index is 10.8. The van der Waals surface area contributed by atoms with Gasteiger partial charge in [-0.05, 0) is 24.6 Å². The van der Waals surface area contributed by atoms with Crippen molar-refractivity contribution < 1.29 is 4.79 Å². The van der Waals surface area contributed by atoms with Crippen LogP contribution in [0.4, 0.5) is 0 Å². The molecule has 0 aliphatic rings. The summed E-state index contributed by atoms with van der Waals surface area (Å²) in [6.07, 6.45) is 1.64. The number of hydrogen-bond acceptors (Lipinski definition) is 2. The molecule has 0 aliphatic heterocycles. The molecule has 2 aromatic rings. The van der Waals surface area contributed by atoms with Crippen LogP contribution in [0.3, 0.4) is 0 Å². The Balaban J connectivity index is 2.36. The van der Waals surface area contributed by atoms with E-state index in [9.17, 15) is 4.79 Å². The van der Waals surface area contributed by atoms with Crippen LogP contribution in [0.1, 0.15) is 19.5 Å². The number of aromatic amines is 1. The molecule has 2 heterocycles. The second-order valence-electron chi connectivity index (χ2n) is 4.64. The number of halogens is 1. The minimum atomic E-state index is -0.356. The maximum Gasteiger partial charge on any atom is 0.129 e. The molecule has 2 rings (SSSR count). The van der Waals surface area contributed by atoms with Crippen LogP contribution in [0.2, 0.25) is 5.15 Å². The molecule has 1 N–H and O–H groups in total. The lowest BCUT2D eigenvalue weighted by Crippen LogP contribution is -2.16. The summed E-state index contributed by atoms with van der Waals surface area (Å²) in [7, 11) is 0. The van der Waals surface area contributed by atoms with Crippen LogP contribution in [-0.2, 0) is 11.2 Å². The molecule has 3 nitrogen and oxygen atoms in total. The van der Waals surface area contributed by atoms with Gasteiger partial charge in [0.25, 0.3) is 0 Å². The van der Waals surface area contributed by atoms with Gasteiger partial charge < -0.3 is 9.78 Å². The third-order valence-corrected chi connectivity index (χ3v) is 2.67. The monoisotopic (exact) mass is 236 g/mol. The lowest BCUT2D eigenvalue weighted by molar-refractivity contribution is -0.114. The molecule has 0 atom stereocenters. The average Bonchev–Trinajstić information content (AvgIpc) is 2.58. The molecule has 0 bridgehead atoms. The van der Waals surface area contributed by atoms with E-state index in [2.05, 4.69) is 9.97 Å². The molecule has 0 spiro atoms. The zero-order valence-electron chi connectivity index (χ0n) is 9.25. The van der Waals surface area contributed by atoms with Crippen molar-refractivity contribution in [2.75, 3.05) is 0 Å². The zero-order chi connectivity index (χ0) is 11.8. The largest absolute Gasteiger partial charge is 0.357 e. The molecule has 0 aromatic carbocycles. The molecule has 0 unspecified atom stereocenters. The SMILES string of the molecule is CC(C)(C=O)Cc1cc2nc(Cl)ccc2[nH]1. The first-order chi connectivity index (χ1) is 7.50. The van der Waals surface area contributed by atoms with Crippen LogP contribution >= 0.6 is 11.6 Å². The number of carbonyl (C=O) groups is 1. The van der Waals surface area contributed by atoms with E-state index in [-0.39, 0.29) is 5.41 Å². The molecule has 4 heteroatoms. The topological polar surface area (TPSA) is 45.8 Å². The second-order valence-corrected chi connectivity index (χ2v) is 5.03. The number of hydrogen-bond donors (Lipinski definition) is 1. The van der Waals surface area contributed by atoms with E-state index in [0.29, 0.717) is 11.6 Å². The lowest BCUT2D eigenvalue weighted by Gasteiger charge is -2.14. The highest BCUT2D eigenvalue weighted by molar-refractivity contribution is 6.29. The van der Waals surface area contributed by atoms with E-state index in [0.717, 1.165) is 23.0 Å². The van der Waals surface area contributed by atoms with Gasteiger partial charge in [0.05, 0.1) is 11.0 Å². The van der Waals surface area contributed by atoms with Crippen LogP contribution in [0.5, 0.6) is 0 Å². The number of aromatic nitrogens is 2. The molecule has 16 heavy (non-hydrogen) atoms. The van der Waals surface area contributed by atoms with Gasteiger partial charge in [-0.25, -0.2) is 4.98 Å². The number of nitrogens with zero attached hydrogens (tertiary/aromatic N) is 1. The summed E-state index contributed by atoms with van der Waals surface area (Å²) in [5.41, 5.74) is 2.43. The third-order valence-electron chi connectivity index (χ3n) is 2.46. The summed E-state index contributed by atoms with van der Waals surface area (Å²) in [5.74, 6) is 0. The Morgan fingerprint density at radius 1 is 1.50 bits per heavy atom. The molecule has 84 valence electrons. The molecular formula is C12H13ClN2O. The van der Waals surface area contributed by atoms with Gasteiger partial charge in [-0.15, -0.1) is 0 Å². The van der Waals surface area contributed by atoms with Crippen LogP contribution in [0, 0.1) is 5.41 Å². The number of H-pyrrole nitrogens is 1. The highest BCUT2D eigenvalue weighted by Gasteiger charge is 2.18. The fourth-order valence-corrected chi connectivity index (χ4v) is 1.82. The predicted octanol–water partition coefficient (Wildman–Crippen LogP) is 2.98. The van der Waals surface area contributed by atoms with E-state index in [1.54, 1.807) is 6.07 Å². The summed E-state index contributed by atoms with van der Waals surface area (Å²) < 4.78 is 0. The summed E-state index contributed by atoms with van der Waals surface area (Å²) in [5, 5.41) is 0.479. The van der Waals surface area contributed by atoms with Crippen molar-refractivity contribution >= 4 is 28.9 Å². The molecule has 0 saturated carbocycles. The number of pyridine rings is 1. The van der Waals surface area contributed by atoms with Gasteiger partial charge in [-0.3, -0.25) is 0 Å². The molecule has 2 aromatic heterocycles. The standard InChI is InChI=1S/C12H13ClN2O/c1-12(2,7-16)6-8-5-10-9(14-8)3-4-11(13)15-10/h3-5,7,14H,6H2,1-2H3. The number of rotatable bonds is 3. The van der Waals surface area contributed by atoms with Crippen LogP contribution in [0.15, 0.2) is 18.2 Å². The third kappa shape index (κ3) is 2.25. The van der Waals surface area contributed by atoms with Gasteiger partial charge in [-0.1, -0.05) is 25.4 Å². The normalized spacial score (nSPS) is 11.9. The van der Waals surface area contributed by atoms with Crippen molar-refractivity contribution in [3.05, 3.63) is 29.0 Å². The Kier molecular flexibility index (Phi) is 2.72. The van der Waals surface area contributed by atoms with Gasteiger partial charge in [-0.2, -0.15) is 0 Å². The first kappa shape index (κ1) is 11.1. The van der Waals surface area contributed by atoms with Crippen LogP contribution in [-0.4, -0.2) is 16.3 Å². The highest BCUT2D eigenvalue weighted by Crippen LogP contribution is 2.22. The fourth-order valence-electron chi connectivity index (χ4n) is 1.67. The van der Waals surface area contributed by atoms with Gasteiger partial charge in [0.15, 0.2) is 0 Å². The Bertz CT molecular complexity index is 531. The first-order valence-electron chi connectivity index (χ1n) is 5.11. The van der Waals surface area contributed by atoms with Crippen molar-refractivity contribution in [2.45, 2.75) is 20.3 Å². The van der Waals surface area contributed by atoms with E-state index in [1.165, 1.54) is 0 Å². The van der Waals surface area contributed by atoms with E-state index < -0.39 is 0 Å². The summed E-state index contributed by atoms with van der Waals surface area (Å²) in [6, 6.07) is 5.57. The van der Waals surface area contributed by atoms with E-state index in [4.69, 9.17) is 11.6 Å². The van der Waals surface area contributed by atoms with Crippen LogP contribution in [0.25, 0.3) is 11.0 Å². The minimum absolute atomic E-state index is 0.356. The lowest BCUT2D eigenvalue weighted by atomic mass is 9.90. The van der Waals surface area contributed by atoms with Gasteiger partial charge in [0, 0.05) is 11.1 Å². The smallest absolute Gasteiger partial charge is 0.129 e. The number of nitrogens with one attached hydrogen (secondary N) is 1. The Morgan fingerprint density at radius 2 is 2.25 bits per heavy atom. The van der Waals surface area contributed by atoms with Crippen molar-refractivity contribution in [3.8, 4) is 0 Å². The van der Waals surface area contributed by atoms with Gasteiger partial charge in [0.1, 0.15) is 11.4 Å². The summed E-state index contributed by atoms with van der Waals surface area (Å²) in [4.78, 5) is 18.3. The number of aldehydes is 1.